The summed E-state index contributed by atoms with van der Waals surface area (Å²) in [4.78, 5) is 44.1. The lowest BCUT2D eigenvalue weighted by atomic mass is 10.1. The van der Waals surface area contributed by atoms with Crippen molar-refractivity contribution in [3.05, 3.63) is 150 Å². The fourth-order valence-corrected chi connectivity index (χ4v) is 5.00. The van der Waals surface area contributed by atoms with Crippen LogP contribution in [0.25, 0.3) is 0 Å². The number of anilines is 4. The molecule has 0 unspecified atom stereocenters. The first-order valence-corrected chi connectivity index (χ1v) is 17.4. The molecule has 0 saturated heterocycles. The number of hydrogen-bond donors (Lipinski definition) is 4. The van der Waals surface area contributed by atoms with Gasteiger partial charge in [0.2, 0.25) is 0 Å². The lowest BCUT2D eigenvalue weighted by molar-refractivity contribution is -0.385. The van der Waals surface area contributed by atoms with E-state index in [0.717, 1.165) is 21.3 Å². The summed E-state index contributed by atoms with van der Waals surface area (Å²) in [5.41, 5.74) is 20.1. The lowest BCUT2D eigenvalue weighted by Gasteiger charge is -2.08. The zero-order valence-electron chi connectivity index (χ0n) is 26.2. The smallest absolute Gasteiger partial charge is 0.269 e. The molecule has 250 valence electrons. The second-order valence-electron chi connectivity index (χ2n) is 9.33. The molecule has 0 spiro atoms. The molecule has 7 N–H and O–H groups in total. The number of non-ortho nitro benzene ring substituents is 2. The van der Waals surface area contributed by atoms with Crippen LogP contribution in [0.3, 0.4) is 0 Å². The predicted octanol–water partition coefficient (Wildman–Crippen LogP) is 7.87. The summed E-state index contributed by atoms with van der Waals surface area (Å²) in [7, 11) is 0. The van der Waals surface area contributed by atoms with Gasteiger partial charge in [0, 0.05) is 74.5 Å². The second-order valence-corrected chi connectivity index (χ2v) is 12.1. The highest BCUT2D eigenvalue weighted by Gasteiger charge is 2.10. The molecule has 15 heteroatoms. The molecule has 12 nitrogen and oxygen atoms in total. The standard InChI is InChI=1S/C16H15N3O3S.C11H11NO3S2.C6H8N2/c1-23-16(18-13-6-4-12(17)5-7-13)10-15(20)11-2-8-14(9-3-11)19(21)22;1-16-11(17-2)7-10(13)8-3-5-9(6-4-8)12(14)15;7-5-1-2-6(8)4-3-5/h2-10,18H,17H2,1H3;3-7H,1-2H3;1-4H,7-8H2/b16-10-;;. The average Bonchev–Trinajstić information content (AvgIpc) is 3.09. The number of rotatable bonds is 11. The number of carbonyl (C=O) groups excluding carboxylic acids is 2. The highest BCUT2D eigenvalue weighted by Crippen LogP contribution is 2.24. The molecule has 0 aliphatic heterocycles. The van der Waals surface area contributed by atoms with Gasteiger partial charge in [-0.15, -0.1) is 35.3 Å². The molecule has 48 heavy (non-hydrogen) atoms. The van der Waals surface area contributed by atoms with Gasteiger partial charge >= 0.3 is 0 Å². The van der Waals surface area contributed by atoms with E-state index in [4.69, 9.17) is 17.2 Å². The Hall–Kier alpha value is -5.25. The van der Waals surface area contributed by atoms with Crippen molar-refractivity contribution < 1.29 is 19.4 Å². The molecule has 0 atom stereocenters. The molecule has 0 saturated carbocycles. The van der Waals surface area contributed by atoms with Crippen LogP contribution in [-0.4, -0.2) is 40.2 Å². The van der Waals surface area contributed by atoms with Crippen LogP contribution in [0.4, 0.5) is 34.1 Å². The molecular formula is C33H34N6O6S3. The van der Waals surface area contributed by atoms with E-state index < -0.39 is 9.85 Å². The maximum absolute atomic E-state index is 12.2. The molecule has 0 bridgehead atoms. The van der Waals surface area contributed by atoms with Crippen LogP contribution in [0.15, 0.2) is 118 Å². The molecule has 0 aromatic heterocycles. The first-order valence-electron chi connectivity index (χ1n) is 13.7. The van der Waals surface area contributed by atoms with Gasteiger partial charge in [-0.3, -0.25) is 29.8 Å². The van der Waals surface area contributed by atoms with E-state index in [2.05, 4.69) is 5.32 Å². The van der Waals surface area contributed by atoms with Gasteiger partial charge in [0.05, 0.1) is 14.9 Å². The largest absolute Gasteiger partial charge is 0.399 e. The Morgan fingerprint density at radius 3 is 1.27 bits per heavy atom. The Morgan fingerprint density at radius 2 is 0.938 bits per heavy atom. The Morgan fingerprint density at radius 1 is 0.583 bits per heavy atom. The summed E-state index contributed by atoms with van der Waals surface area (Å²) in [5, 5.41) is 24.9. The minimum Gasteiger partial charge on any atom is -0.399 e. The van der Waals surface area contributed by atoms with E-state index >= 15 is 0 Å². The van der Waals surface area contributed by atoms with Crippen molar-refractivity contribution in [1.29, 1.82) is 0 Å². The number of nitro benzene ring substituents is 2. The van der Waals surface area contributed by atoms with Gasteiger partial charge in [-0.1, -0.05) is 0 Å². The molecule has 0 fully saturated rings. The van der Waals surface area contributed by atoms with Crippen LogP contribution in [0, 0.1) is 20.2 Å². The summed E-state index contributed by atoms with van der Waals surface area (Å²) in [5.74, 6) is -0.370. The maximum atomic E-state index is 12.2. The monoisotopic (exact) mass is 706 g/mol. The number of benzene rings is 4. The van der Waals surface area contributed by atoms with Gasteiger partial charge in [0.1, 0.15) is 0 Å². The SMILES string of the molecule is CS/C(=C\C(=O)c1ccc([N+](=O)[O-])cc1)Nc1ccc(N)cc1.CSC(=CC(=O)c1ccc([N+](=O)[O-])cc1)SC.Nc1ccc(N)cc1. The number of thioether (sulfide) groups is 3. The van der Waals surface area contributed by atoms with Gasteiger partial charge in [0.25, 0.3) is 11.4 Å². The number of hydrogen-bond acceptors (Lipinski definition) is 13. The molecule has 0 aliphatic carbocycles. The molecule has 4 aromatic rings. The Labute approximate surface area is 290 Å². The van der Waals surface area contributed by atoms with Crippen molar-refractivity contribution in [3.63, 3.8) is 0 Å². The molecule has 0 aliphatic rings. The fraction of sp³-hybridized carbons (Fsp3) is 0.0909. The van der Waals surface area contributed by atoms with Crippen molar-refractivity contribution >= 4 is 81.0 Å². The number of nitrogens with two attached hydrogens (primary N) is 3. The third-order valence-corrected chi connectivity index (χ3v) is 8.67. The average molecular weight is 707 g/mol. The van der Waals surface area contributed by atoms with Crippen LogP contribution in [-0.2, 0) is 0 Å². The highest BCUT2D eigenvalue weighted by atomic mass is 32.2. The predicted molar refractivity (Wildman–Crippen MR) is 201 cm³/mol. The third-order valence-electron chi connectivity index (χ3n) is 5.97. The molecule has 4 rings (SSSR count). The number of nitrogen functional groups attached to an aromatic ring is 3. The number of nitrogens with one attached hydrogen (secondary N) is 1. The van der Waals surface area contributed by atoms with E-state index in [9.17, 15) is 29.8 Å². The van der Waals surface area contributed by atoms with Crippen LogP contribution >= 0.6 is 35.3 Å². The van der Waals surface area contributed by atoms with Crippen molar-refractivity contribution in [3.8, 4) is 0 Å². The number of allylic oxidation sites excluding steroid dienone is 2. The minimum absolute atomic E-state index is 0.0134. The molecular weight excluding hydrogens is 673 g/mol. The number of ketones is 2. The highest BCUT2D eigenvalue weighted by molar-refractivity contribution is 8.21. The second kappa shape index (κ2) is 20.1. The first kappa shape index (κ1) is 38.9. The fourth-order valence-electron chi connectivity index (χ4n) is 3.44. The van der Waals surface area contributed by atoms with Gasteiger partial charge in [-0.2, -0.15) is 0 Å². The van der Waals surface area contributed by atoms with Crippen LogP contribution in [0.5, 0.6) is 0 Å². The zero-order valence-corrected chi connectivity index (χ0v) is 28.6. The van der Waals surface area contributed by atoms with Crippen molar-refractivity contribution in [2.75, 3.05) is 41.3 Å². The quantitative estimate of drug-likeness (QED) is 0.0385. The van der Waals surface area contributed by atoms with Gasteiger partial charge in [0.15, 0.2) is 11.6 Å². The molecule has 0 radical (unpaired) electrons. The summed E-state index contributed by atoms with van der Waals surface area (Å²) >= 11 is 4.38. The molecule has 0 amide bonds. The Balaban J connectivity index is 0.000000279. The number of carbonyl (C=O) groups is 2. The maximum Gasteiger partial charge on any atom is 0.269 e. The van der Waals surface area contributed by atoms with E-state index in [1.165, 1.54) is 96.0 Å². The number of nitro groups is 2. The van der Waals surface area contributed by atoms with Gasteiger partial charge in [-0.25, -0.2) is 0 Å². The van der Waals surface area contributed by atoms with E-state index in [1.807, 2.05) is 30.9 Å². The van der Waals surface area contributed by atoms with E-state index in [1.54, 1.807) is 36.4 Å². The van der Waals surface area contributed by atoms with Gasteiger partial charge in [-0.05, 0) is 91.6 Å². The van der Waals surface area contributed by atoms with E-state index in [-0.39, 0.29) is 22.9 Å². The first-order chi connectivity index (χ1) is 22.9. The summed E-state index contributed by atoms with van der Waals surface area (Å²) in [6.07, 6.45) is 8.63. The third kappa shape index (κ3) is 13.6. The molecule has 0 heterocycles. The zero-order chi connectivity index (χ0) is 35.6. The van der Waals surface area contributed by atoms with E-state index in [0.29, 0.717) is 21.8 Å². The summed E-state index contributed by atoms with van der Waals surface area (Å²) in [6, 6.07) is 25.4. The van der Waals surface area contributed by atoms with Crippen molar-refractivity contribution in [2.45, 2.75) is 0 Å². The summed E-state index contributed by atoms with van der Waals surface area (Å²) < 4.78 is 0.911. The number of nitrogens with zero attached hydrogens (tertiary/aromatic N) is 2. The van der Waals surface area contributed by atoms with Crippen molar-refractivity contribution in [1.82, 2.24) is 0 Å². The minimum atomic E-state index is -0.500. The van der Waals surface area contributed by atoms with Crippen LogP contribution in [0.1, 0.15) is 20.7 Å². The normalized spacial score (nSPS) is 10.3. The van der Waals surface area contributed by atoms with Gasteiger partial charge < -0.3 is 22.5 Å². The van der Waals surface area contributed by atoms with Crippen molar-refractivity contribution in [2.24, 2.45) is 0 Å². The topological polar surface area (TPSA) is 211 Å². The van der Waals surface area contributed by atoms with Crippen LogP contribution in [0.2, 0.25) is 0 Å². The molecule has 4 aromatic carbocycles. The van der Waals surface area contributed by atoms with Crippen LogP contribution < -0.4 is 22.5 Å². The summed E-state index contributed by atoms with van der Waals surface area (Å²) in [6.45, 7) is 0. The Bertz CT molecular complexity index is 1720. The Kier molecular flexibility index (Phi) is 16.3. The lowest BCUT2D eigenvalue weighted by Crippen LogP contribution is -2.02.